The van der Waals surface area contributed by atoms with Crippen LogP contribution in [-0.2, 0) is 0 Å². The van der Waals surface area contributed by atoms with Crippen molar-refractivity contribution in [3.8, 4) is 44.5 Å². The highest BCUT2D eigenvalue weighted by Gasteiger charge is 2.16. The van der Waals surface area contributed by atoms with Crippen LogP contribution in [-0.4, -0.2) is 0 Å². The van der Waals surface area contributed by atoms with Gasteiger partial charge in [-0.2, -0.15) is 0 Å². The Morgan fingerprint density at radius 2 is 0.714 bits per heavy atom. The molecule has 0 spiro atoms. The summed E-state index contributed by atoms with van der Waals surface area (Å²) in [5, 5.41) is 10.4. The normalized spacial score (nSPS) is 11.7. The molecule has 0 unspecified atom stereocenters. The largest absolute Gasteiger partial charge is 0.135 e. The van der Waals surface area contributed by atoms with Crippen LogP contribution >= 0.6 is 11.3 Å². The molecular formula is C48H30S. The van der Waals surface area contributed by atoms with Crippen LogP contribution in [0.5, 0.6) is 0 Å². The number of benzene rings is 9. The van der Waals surface area contributed by atoms with Crippen molar-refractivity contribution < 1.29 is 0 Å². The van der Waals surface area contributed by atoms with E-state index in [-0.39, 0.29) is 0 Å². The fourth-order valence-corrected chi connectivity index (χ4v) is 8.85. The van der Waals surface area contributed by atoms with E-state index in [2.05, 4.69) is 182 Å². The number of fused-ring (bicyclic) bond motifs is 9. The van der Waals surface area contributed by atoms with Gasteiger partial charge in [0, 0.05) is 25.7 Å². The molecule has 9 aromatic carbocycles. The van der Waals surface area contributed by atoms with Gasteiger partial charge < -0.3 is 0 Å². The molecule has 0 aliphatic heterocycles. The van der Waals surface area contributed by atoms with E-state index in [9.17, 15) is 0 Å². The summed E-state index contributed by atoms with van der Waals surface area (Å²) < 4.78 is 2.64. The molecule has 1 heterocycles. The highest BCUT2D eigenvalue weighted by molar-refractivity contribution is 7.26. The Morgan fingerprint density at radius 1 is 0.245 bits per heavy atom. The maximum Gasteiger partial charge on any atom is 0.0434 e. The van der Waals surface area contributed by atoms with E-state index >= 15 is 0 Å². The minimum atomic E-state index is 1.22. The lowest BCUT2D eigenvalue weighted by molar-refractivity contribution is 1.62. The van der Waals surface area contributed by atoms with Crippen LogP contribution in [0, 0.1) is 0 Å². The van der Waals surface area contributed by atoms with E-state index in [0.29, 0.717) is 0 Å². The van der Waals surface area contributed by atoms with Crippen molar-refractivity contribution in [1.29, 1.82) is 0 Å². The van der Waals surface area contributed by atoms with Gasteiger partial charge >= 0.3 is 0 Å². The van der Waals surface area contributed by atoms with Gasteiger partial charge in [-0.15, -0.1) is 11.3 Å². The number of rotatable bonds is 4. The molecule has 0 bridgehead atoms. The highest BCUT2D eigenvalue weighted by Crippen LogP contribution is 2.45. The average Bonchev–Trinajstić information content (AvgIpc) is 3.56. The molecule has 0 N–H and O–H groups in total. The molecule has 0 radical (unpaired) electrons. The Kier molecular flexibility index (Phi) is 6.47. The monoisotopic (exact) mass is 638 g/mol. The first-order valence-corrected chi connectivity index (χ1v) is 17.7. The van der Waals surface area contributed by atoms with Crippen LogP contribution in [0.1, 0.15) is 0 Å². The molecule has 10 aromatic rings. The van der Waals surface area contributed by atoms with Gasteiger partial charge in [0.15, 0.2) is 0 Å². The van der Waals surface area contributed by atoms with Crippen LogP contribution < -0.4 is 0 Å². The van der Waals surface area contributed by atoms with Crippen LogP contribution in [0.4, 0.5) is 0 Å². The Hall–Kier alpha value is -6.02. The Balaban J connectivity index is 1.18. The van der Waals surface area contributed by atoms with Crippen LogP contribution in [0.3, 0.4) is 0 Å². The maximum atomic E-state index is 2.39. The zero-order valence-electron chi connectivity index (χ0n) is 26.7. The molecule has 0 aliphatic rings. The molecule has 0 amide bonds. The lowest BCUT2D eigenvalue weighted by atomic mass is 9.91. The first-order valence-electron chi connectivity index (χ1n) is 16.8. The molecule has 1 heteroatoms. The van der Waals surface area contributed by atoms with E-state index in [4.69, 9.17) is 0 Å². The van der Waals surface area contributed by atoms with Gasteiger partial charge in [0.25, 0.3) is 0 Å². The Morgan fingerprint density at radius 3 is 1.41 bits per heavy atom. The first kappa shape index (κ1) is 28.0. The molecule has 1 aromatic heterocycles. The lowest BCUT2D eigenvalue weighted by Crippen LogP contribution is -1.86. The molecule has 49 heavy (non-hydrogen) atoms. The molecule has 0 aliphatic carbocycles. The molecule has 0 fully saturated rings. The van der Waals surface area contributed by atoms with Gasteiger partial charge in [-0.05, 0) is 108 Å². The lowest BCUT2D eigenvalue weighted by Gasteiger charge is -2.13. The zero-order valence-corrected chi connectivity index (χ0v) is 27.5. The second-order valence-electron chi connectivity index (χ2n) is 12.9. The molecule has 0 saturated heterocycles. The van der Waals surface area contributed by atoms with Gasteiger partial charge in [0.1, 0.15) is 0 Å². The van der Waals surface area contributed by atoms with Gasteiger partial charge in [-0.1, -0.05) is 146 Å². The number of hydrogen-bond donors (Lipinski definition) is 0. The van der Waals surface area contributed by atoms with E-state index in [1.807, 2.05) is 11.3 Å². The van der Waals surface area contributed by atoms with Crippen molar-refractivity contribution in [2.45, 2.75) is 0 Å². The quantitative estimate of drug-likeness (QED) is 0.168. The summed E-state index contributed by atoms with van der Waals surface area (Å²) in [7, 11) is 0. The van der Waals surface area contributed by atoms with Crippen LogP contribution in [0.25, 0.3) is 97.0 Å². The van der Waals surface area contributed by atoms with Crippen molar-refractivity contribution in [2.24, 2.45) is 0 Å². The van der Waals surface area contributed by atoms with Gasteiger partial charge in [0.05, 0.1) is 0 Å². The smallest absolute Gasteiger partial charge is 0.0434 e. The molecule has 0 nitrogen and oxygen atoms in total. The minimum Gasteiger partial charge on any atom is -0.135 e. The van der Waals surface area contributed by atoms with E-state index < -0.39 is 0 Å². The predicted molar refractivity (Wildman–Crippen MR) is 214 cm³/mol. The summed E-state index contributed by atoms with van der Waals surface area (Å²) in [6.07, 6.45) is 0. The van der Waals surface area contributed by atoms with Crippen molar-refractivity contribution >= 4 is 63.8 Å². The zero-order chi connectivity index (χ0) is 32.3. The third kappa shape index (κ3) is 4.66. The van der Waals surface area contributed by atoms with E-state index in [1.165, 1.54) is 97.0 Å². The van der Waals surface area contributed by atoms with Gasteiger partial charge in [-0.25, -0.2) is 0 Å². The molecular weight excluding hydrogens is 609 g/mol. The number of thiophene rings is 1. The van der Waals surface area contributed by atoms with Crippen molar-refractivity contribution in [3.63, 3.8) is 0 Å². The summed E-state index contributed by atoms with van der Waals surface area (Å²) in [5.41, 5.74) is 9.93. The topological polar surface area (TPSA) is 0 Å². The van der Waals surface area contributed by atoms with Gasteiger partial charge in [-0.3, -0.25) is 0 Å². The maximum absolute atomic E-state index is 2.39. The van der Waals surface area contributed by atoms with Gasteiger partial charge in [0.2, 0.25) is 0 Å². The van der Waals surface area contributed by atoms with Crippen LogP contribution in [0.2, 0.25) is 0 Å². The molecule has 10 rings (SSSR count). The first-order chi connectivity index (χ1) is 24.3. The fraction of sp³-hybridized carbons (Fsp3) is 0. The summed E-state index contributed by atoms with van der Waals surface area (Å²) in [6.45, 7) is 0. The van der Waals surface area contributed by atoms with Crippen molar-refractivity contribution in [3.05, 3.63) is 182 Å². The summed E-state index contributed by atoms with van der Waals surface area (Å²) in [5.74, 6) is 0. The van der Waals surface area contributed by atoms with E-state index in [1.54, 1.807) is 0 Å². The average molecular weight is 639 g/mol. The SMILES string of the molecule is c1ccc(-c2ccc3sc4c(-c5cccc(-c6ccc7c8ccccc8c8ccccc8c7c6)c5)cc(-c5ccccc5)cc4c3c2)cc1. The summed E-state index contributed by atoms with van der Waals surface area (Å²) >= 11 is 1.90. The van der Waals surface area contributed by atoms with Crippen LogP contribution in [0.15, 0.2) is 182 Å². The predicted octanol–water partition coefficient (Wildman–Crippen LogP) is 14.2. The third-order valence-corrected chi connectivity index (χ3v) is 11.3. The fourth-order valence-electron chi connectivity index (χ4n) is 7.65. The highest BCUT2D eigenvalue weighted by atomic mass is 32.1. The summed E-state index contributed by atoms with van der Waals surface area (Å²) in [4.78, 5) is 0. The Labute approximate surface area is 289 Å². The van der Waals surface area contributed by atoms with Crippen molar-refractivity contribution in [2.75, 3.05) is 0 Å². The second kappa shape index (κ2) is 11.3. The Bertz CT molecular complexity index is 2820. The molecule has 0 atom stereocenters. The van der Waals surface area contributed by atoms with E-state index in [0.717, 1.165) is 0 Å². The second-order valence-corrected chi connectivity index (χ2v) is 13.9. The molecule has 0 saturated carbocycles. The molecule has 228 valence electrons. The summed E-state index contributed by atoms with van der Waals surface area (Å²) in [6, 6.07) is 67.0. The minimum absolute atomic E-state index is 1.22. The third-order valence-electron chi connectivity index (χ3n) is 10.0. The van der Waals surface area contributed by atoms with Crippen molar-refractivity contribution in [1.82, 2.24) is 0 Å². The number of hydrogen-bond acceptors (Lipinski definition) is 1. The standard InChI is InChI=1S/C48H30S/c1-3-12-31(13-4-1)34-23-25-47-45(28-34)46-30-37(32-14-5-2-6-15-32)29-43(48(46)49-47)36-17-11-16-33(26-36)35-22-24-42-40-20-8-7-18-38(40)39-19-9-10-21-41(39)44(42)27-35/h1-30H.